The van der Waals surface area contributed by atoms with E-state index in [1.54, 1.807) is 48.5 Å². The highest BCUT2D eigenvalue weighted by Crippen LogP contribution is 2.27. The molecule has 0 aliphatic heterocycles. The lowest BCUT2D eigenvalue weighted by Gasteiger charge is -2.07. The first-order valence-electron chi connectivity index (χ1n) is 7.92. The maximum Gasteiger partial charge on any atom is 0.341 e. The summed E-state index contributed by atoms with van der Waals surface area (Å²) in [7, 11) is 1.51. The second kappa shape index (κ2) is 8.33. The number of methoxy groups -OCH3 is 1. The number of amides is 1. The number of rotatable bonds is 7. The first-order valence-corrected chi connectivity index (χ1v) is 8.79. The molecular formula is C19H16N2O5S. The maximum atomic E-state index is 12.4. The molecule has 138 valence electrons. The summed E-state index contributed by atoms with van der Waals surface area (Å²) in [6.07, 6.45) is 0. The van der Waals surface area contributed by atoms with Crippen LogP contribution in [0.25, 0.3) is 11.3 Å². The minimum atomic E-state index is -1.03. The highest BCUT2D eigenvalue weighted by Gasteiger charge is 2.14. The van der Waals surface area contributed by atoms with Gasteiger partial charge >= 0.3 is 5.97 Å². The van der Waals surface area contributed by atoms with Gasteiger partial charge in [0.2, 0.25) is 0 Å². The number of carboxylic acids is 1. The number of para-hydroxylation sites is 1. The van der Waals surface area contributed by atoms with Crippen molar-refractivity contribution in [2.24, 2.45) is 0 Å². The Hall–Kier alpha value is -3.39. The summed E-state index contributed by atoms with van der Waals surface area (Å²) < 4.78 is 10.3. The summed E-state index contributed by atoms with van der Waals surface area (Å²) in [6, 6.07) is 13.8. The number of benzene rings is 2. The summed E-state index contributed by atoms with van der Waals surface area (Å²) in [5, 5.41) is 13.7. The molecule has 8 heteroatoms. The van der Waals surface area contributed by atoms with E-state index in [-0.39, 0.29) is 5.91 Å². The molecule has 0 fully saturated rings. The molecule has 3 aromatic rings. The minimum Gasteiger partial charge on any atom is -0.496 e. The van der Waals surface area contributed by atoms with Gasteiger partial charge in [-0.25, -0.2) is 9.78 Å². The summed E-state index contributed by atoms with van der Waals surface area (Å²) in [6.45, 7) is -0.394. The number of aromatic nitrogens is 1. The van der Waals surface area contributed by atoms with Crippen LogP contribution in [0.5, 0.6) is 11.5 Å². The van der Waals surface area contributed by atoms with E-state index >= 15 is 0 Å². The molecule has 0 aliphatic rings. The van der Waals surface area contributed by atoms with Crippen LogP contribution in [0, 0.1) is 0 Å². The third-order valence-electron chi connectivity index (χ3n) is 3.59. The van der Waals surface area contributed by atoms with Crippen LogP contribution in [-0.4, -0.2) is 35.7 Å². The fourth-order valence-corrected chi connectivity index (χ4v) is 3.04. The second-order valence-corrected chi connectivity index (χ2v) is 6.26. The average Bonchev–Trinajstić information content (AvgIpc) is 3.15. The van der Waals surface area contributed by atoms with Crippen LogP contribution >= 0.6 is 11.3 Å². The monoisotopic (exact) mass is 384 g/mol. The van der Waals surface area contributed by atoms with Crippen LogP contribution in [0.4, 0.5) is 5.13 Å². The Kier molecular flexibility index (Phi) is 5.68. The SMILES string of the molecule is COc1ccccc1C(=O)Nc1nc(-c2ccc(OCC(=O)O)cc2)cs1. The predicted octanol–water partition coefficient (Wildman–Crippen LogP) is 3.53. The number of aliphatic carboxylic acids is 1. The molecule has 0 atom stereocenters. The zero-order chi connectivity index (χ0) is 19.2. The minimum absolute atomic E-state index is 0.300. The highest BCUT2D eigenvalue weighted by atomic mass is 32.1. The fraction of sp³-hybridized carbons (Fsp3) is 0.105. The fourth-order valence-electron chi connectivity index (χ4n) is 2.33. The Bertz CT molecular complexity index is 953. The van der Waals surface area contributed by atoms with Crippen molar-refractivity contribution < 1.29 is 24.2 Å². The number of nitrogens with one attached hydrogen (secondary N) is 1. The van der Waals surface area contributed by atoms with Gasteiger partial charge in [-0.1, -0.05) is 12.1 Å². The molecule has 0 radical (unpaired) electrons. The van der Waals surface area contributed by atoms with Gasteiger partial charge in [0.15, 0.2) is 11.7 Å². The molecule has 0 spiro atoms. The molecule has 1 aromatic heterocycles. The van der Waals surface area contributed by atoms with E-state index in [1.807, 2.05) is 5.38 Å². The standard InChI is InChI=1S/C19H16N2O5S/c1-25-16-5-3-2-4-14(16)18(24)21-19-20-15(11-27-19)12-6-8-13(9-7-12)26-10-17(22)23/h2-9,11H,10H2,1H3,(H,22,23)(H,20,21,24). The topological polar surface area (TPSA) is 97.8 Å². The van der Waals surface area contributed by atoms with Gasteiger partial charge in [0.1, 0.15) is 11.5 Å². The molecular weight excluding hydrogens is 368 g/mol. The van der Waals surface area contributed by atoms with Crippen molar-refractivity contribution in [1.82, 2.24) is 4.98 Å². The Labute approximate surface area is 159 Å². The molecule has 0 saturated heterocycles. The van der Waals surface area contributed by atoms with E-state index in [2.05, 4.69) is 10.3 Å². The number of ether oxygens (including phenoxy) is 2. The molecule has 2 aromatic carbocycles. The Morgan fingerprint density at radius 2 is 1.89 bits per heavy atom. The third-order valence-corrected chi connectivity index (χ3v) is 4.35. The number of nitrogens with zero attached hydrogens (tertiary/aromatic N) is 1. The molecule has 0 aliphatic carbocycles. The quantitative estimate of drug-likeness (QED) is 0.647. The highest BCUT2D eigenvalue weighted by molar-refractivity contribution is 7.14. The van der Waals surface area contributed by atoms with Gasteiger partial charge in [-0.05, 0) is 36.4 Å². The third kappa shape index (κ3) is 4.62. The van der Waals surface area contributed by atoms with Crippen molar-refractivity contribution in [1.29, 1.82) is 0 Å². The second-order valence-electron chi connectivity index (χ2n) is 5.40. The number of carbonyl (C=O) groups excluding carboxylic acids is 1. The molecule has 7 nitrogen and oxygen atoms in total. The Morgan fingerprint density at radius 1 is 1.15 bits per heavy atom. The molecule has 0 saturated carbocycles. The molecule has 1 heterocycles. The number of hydrogen-bond donors (Lipinski definition) is 2. The van der Waals surface area contributed by atoms with Crippen LogP contribution in [0.3, 0.4) is 0 Å². The van der Waals surface area contributed by atoms with Gasteiger partial charge in [0.05, 0.1) is 18.4 Å². The van der Waals surface area contributed by atoms with Gasteiger partial charge in [-0.3, -0.25) is 10.1 Å². The van der Waals surface area contributed by atoms with Crippen molar-refractivity contribution in [2.75, 3.05) is 19.0 Å². The van der Waals surface area contributed by atoms with Gasteiger partial charge < -0.3 is 14.6 Å². The lowest BCUT2D eigenvalue weighted by atomic mass is 10.2. The molecule has 2 N–H and O–H groups in total. The van der Waals surface area contributed by atoms with Crippen molar-refractivity contribution in [3.05, 3.63) is 59.5 Å². The van der Waals surface area contributed by atoms with Gasteiger partial charge in [-0.15, -0.1) is 11.3 Å². The van der Waals surface area contributed by atoms with Crippen molar-refractivity contribution in [3.63, 3.8) is 0 Å². The van der Waals surface area contributed by atoms with Crippen LogP contribution < -0.4 is 14.8 Å². The van der Waals surface area contributed by atoms with Crippen molar-refractivity contribution in [2.45, 2.75) is 0 Å². The molecule has 3 rings (SSSR count). The first kappa shape index (κ1) is 18.4. The van der Waals surface area contributed by atoms with Crippen molar-refractivity contribution in [3.8, 4) is 22.8 Å². The first-order chi connectivity index (χ1) is 13.1. The lowest BCUT2D eigenvalue weighted by molar-refractivity contribution is -0.139. The summed E-state index contributed by atoms with van der Waals surface area (Å²) in [5.74, 6) is -0.385. The molecule has 27 heavy (non-hydrogen) atoms. The van der Waals surface area contributed by atoms with E-state index in [9.17, 15) is 9.59 Å². The van der Waals surface area contributed by atoms with Crippen LogP contribution in [0.15, 0.2) is 53.9 Å². The van der Waals surface area contributed by atoms with Crippen LogP contribution in [-0.2, 0) is 4.79 Å². The zero-order valence-corrected chi connectivity index (χ0v) is 15.2. The zero-order valence-electron chi connectivity index (χ0n) is 14.3. The normalized spacial score (nSPS) is 10.3. The Morgan fingerprint density at radius 3 is 2.59 bits per heavy atom. The van der Waals surface area contributed by atoms with Crippen LogP contribution in [0.2, 0.25) is 0 Å². The van der Waals surface area contributed by atoms with E-state index in [0.29, 0.717) is 27.9 Å². The predicted molar refractivity (Wildman–Crippen MR) is 102 cm³/mol. The summed E-state index contributed by atoms with van der Waals surface area (Å²) in [4.78, 5) is 27.4. The average molecular weight is 384 g/mol. The van der Waals surface area contributed by atoms with E-state index in [4.69, 9.17) is 14.6 Å². The van der Waals surface area contributed by atoms with Gasteiger partial charge in [0.25, 0.3) is 5.91 Å². The number of anilines is 1. The number of carbonyl (C=O) groups is 2. The van der Waals surface area contributed by atoms with E-state index < -0.39 is 12.6 Å². The van der Waals surface area contributed by atoms with Crippen LogP contribution in [0.1, 0.15) is 10.4 Å². The maximum absolute atomic E-state index is 12.4. The number of hydrogen-bond acceptors (Lipinski definition) is 6. The van der Waals surface area contributed by atoms with Gasteiger partial charge in [-0.2, -0.15) is 0 Å². The number of carboxylic acid groups (broad SMARTS) is 1. The summed E-state index contributed by atoms with van der Waals surface area (Å²) in [5.41, 5.74) is 1.95. The van der Waals surface area contributed by atoms with Gasteiger partial charge in [0, 0.05) is 10.9 Å². The largest absolute Gasteiger partial charge is 0.496 e. The molecule has 0 bridgehead atoms. The smallest absolute Gasteiger partial charge is 0.341 e. The number of thiazole rings is 1. The summed E-state index contributed by atoms with van der Waals surface area (Å²) >= 11 is 1.31. The molecule has 0 unspecified atom stereocenters. The van der Waals surface area contributed by atoms with E-state index in [0.717, 1.165) is 5.56 Å². The molecule has 1 amide bonds. The van der Waals surface area contributed by atoms with E-state index in [1.165, 1.54) is 18.4 Å². The lowest BCUT2D eigenvalue weighted by Crippen LogP contribution is -2.12. The van der Waals surface area contributed by atoms with Crippen molar-refractivity contribution >= 4 is 28.3 Å². The Balaban J connectivity index is 1.69.